The van der Waals surface area contributed by atoms with Gasteiger partial charge in [0.15, 0.2) is 5.82 Å². The van der Waals surface area contributed by atoms with Crippen molar-refractivity contribution in [1.29, 1.82) is 0 Å². The maximum Gasteiger partial charge on any atom is 0.263 e. The van der Waals surface area contributed by atoms with Crippen LogP contribution in [0.2, 0.25) is 0 Å². The number of aromatic nitrogens is 2. The third-order valence-electron chi connectivity index (χ3n) is 3.78. The van der Waals surface area contributed by atoms with Crippen LogP contribution in [0.25, 0.3) is 0 Å². The summed E-state index contributed by atoms with van der Waals surface area (Å²) in [5.74, 6) is 0.542. The van der Waals surface area contributed by atoms with E-state index in [0.29, 0.717) is 23.6 Å². The summed E-state index contributed by atoms with van der Waals surface area (Å²) >= 11 is 0. The molecule has 2 aromatic rings. The minimum atomic E-state index is -3.81. The molecule has 3 N–H and O–H groups in total. The standard InChI is InChI=1S/C16H20N6O3S/c1-22(2)8-7-17-14-5-6-15(20-19-14)21-26(24,25)12-3-4-13-11(9-12)10-16(23)18-13/h3-6,9H,7-8,10H2,1-2H3,(H,17,19)(H,18,23)(H,20,21). The average Bonchev–Trinajstić information content (AvgIpc) is 2.95. The van der Waals surface area contributed by atoms with Gasteiger partial charge in [0.05, 0.1) is 11.3 Å². The topological polar surface area (TPSA) is 116 Å². The van der Waals surface area contributed by atoms with Crippen LogP contribution < -0.4 is 15.4 Å². The molecule has 0 aliphatic carbocycles. The van der Waals surface area contributed by atoms with Gasteiger partial charge in [-0.1, -0.05) is 0 Å². The maximum atomic E-state index is 12.5. The molecule has 138 valence electrons. The van der Waals surface area contributed by atoms with Crippen LogP contribution in [-0.2, 0) is 21.2 Å². The van der Waals surface area contributed by atoms with Crippen LogP contribution in [0, 0.1) is 0 Å². The first-order valence-electron chi connectivity index (χ1n) is 8.01. The summed E-state index contributed by atoms with van der Waals surface area (Å²) in [6.45, 7) is 1.54. The summed E-state index contributed by atoms with van der Waals surface area (Å²) in [7, 11) is 0.125. The molecule has 1 aromatic heterocycles. The highest BCUT2D eigenvalue weighted by Crippen LogP contribution is 2.26. The Morgan fingerprint density at radius 3 is 2.58 bits per heavy atom. The van der Waals surface area contributed by atoms with Crippen molar-refractivity contribution in [2.45, 2.75) is 11.3 Å². The Morgan fingerprint density at radius 1 is 1.15 bits per heavy atom. The maximum absolute atomic E-state index is 12.5. The van der Waals surface area contributed by atoms with Crippen LogP contribution in [-0.4, -0.2) is 56.6 Å². The van der Waals surface area contributed by atoms with Gasteiger partial charge in [0.2, 0.25) is 5.91 Å². The molecule has 9 nitrogen and oxygen atoms in total. The predicted octanol–water partition coefficient (Wildman–Crippen LogP) is 0.745. The van der Waals surface area contributed by atoms with Gasteiger partial charge in [-0.05, 0) is 50.0 Å². The van der Waals surface area contributed by atoms with Crippen LogP contribution in [0.5, 0.6) is 0 Å². The van der Waals surface area contributed by atoms with Gasteiger partial charge < -0.3 is 15.5 Å². The van der Waals surface area contributed by atoms with Gasteiger partial charge in [-0.15, -0.1) is 10.2 Å². The number of hydrogen-bond donors (Lipinski definition) is 3. The highest BCUT2D eigenvalue weighted by molar-refractivity contribution is 7.92. The fourth-order valence-electron chi connectivity index (χ4n) is 2.46. The normalized spacial score (nSPS) is 13.4. The molecule has 2 heterocycles. The number of amides is 1. The minimum absolute atomic E-state index is 0.0720. The molecule has 0 fully saturated rings. The number of carbonyl (C=O) groups is 1. The number of fused-ring (bicyclic) bond motifs is 1. The number of carbonyl (C=O) groups excluding carboxylic acids is 1. The van der Waals surface area contributed by atoms with E-state index in [0.717, 1.165) is 6.54 Å². The zero-order valence-corrected chi connectivity index (χ0v) is 15.3. The molecular weight excluding hydrogens is 356 g/mol. The van der Waals surface area contributed by atoms with E-state index in [1.54, 1.807) is 18.2 Å². The highest BCUT2D eigenvalue weighted by atomic mass is 32.2. The largest absolute Gasteiger partial charge is 0.367 e. The van der Waals surface area contributed by atoms with Crippen molar-refractivity contribution in [3.05, 3.63) is 35.9 Å². The molecular formula is C16H20N6O3S. The van der Waals surface area contributed by atoms with Gasteiger partial charge in [-0.25, -0.2) is 8.42 Å². The zero-order chi connectivity index (χ0) is 18.7. The average molecular weight is 376 g/mol. The third-order valence-corrected chi connectivity index (χ3v) is 5.13. The number of hydrogen-bond acceptors (Lipinski definition) is 7. The monoisotopic (exact) mass is 376 g/mol. The van der Waals surface area contributed by atoms with Crippen LogP contribution in [0.15, 0.2) is 35.2 Å². The molecule has 3 rings (SSSR count). The van der Waals surface area contributed by atoms with Crippen molar-refractivity contribution in [2.24, 2.45) is 0 Å². The number of sulfonamides is 1. The molecule has 0 saturated heterocycles. The van der Waals surface area contributed by atoms with Crippen LogP contribution >= 0.6 is 0 Å². The second-order valence-electron chi connectivity index (χ2n) is 6.18. The van der Waals surface area contributed by atoms with E-state index in [-0.39, 0.29) is 23.0 Å². The molecule has 0 saturated carbocycles. The predicted molar refractivity (Wildman–Crippen MR) is 98.7 cm³/mol. The lowest BCUT2D eigenvalue weighted by Gasteiger charge is -2.11. The number of likely N-dealkylation sites (N-methyl/N-ethyl adjacent to an activating group) is 1. The molecule has 1 aliphatic heterocycles. The Morgan fingerprint density at radius 2 is 1.88 bits per heavy atom. The number of anilines is 3. The Labute approximate surface area is 151 Å². The number of benzene rings is 1. The molecule has 0 bridgehead atoms. The molecule has 10 heteroatoms. The van der Waals surface area contributed by atoms with Crippen molar-refractivity contribution in [3.8, 4) is 0 Å². The first kappa shape index (κ1) is 18.1. The first-order chi connectivity index (χ1) is 12.3. The van der Waals surface area contributed by atoms with E-state index in [1.807, 2.05) is 19.0 Å². The Bertz CT molecular complexity index is 912. The Kier molecular flexibility index (Phi) is 5.05. The van der Waals surface area contributed by atoms with Gasteiger partial charge in [0.25, 0.3) is 10.0 Å². The van der Waals surface area contributed by atoms with E-state index in [9.17, 15) is 13.2 Å². The van der Waals surface area contributed by atoms with E-state index in [2.05, 4.69) is 25.6 Å². The van der Waals surface area contributed by atoms with Crippen molar-refractivity contribution < 1.29 is 13.2 Å². The molecule has 1 amide bonds. The quantitative estimate of drug-likeness (QED) is 0.653. The van der Waals surface area contributed by atoms with Gasteiger partial charge in [0, 0.05) is 18.8 Å². The lowest BCUT2D eigenvalue weighted by molar-refractivity contribution is -0.115. The van der Waals surface area contributed by atoms with Crippen molar-refractivity contribution in [1.82, 2.24) is 15.1 Å². The van der Waals surface area contributed by atoms with E-state index in [4.69, 9.17) is 0 Å². The molecule has 26 heavy (non-hydrogen) atoms. The Balaban J connectivity index is 1.68. The first-order valence-corrected chi connectivity index (χ1v) is 9.50. The van der Waals surface area contributed by atoms with Crippen LogP contribution in [0.3, 0.4) is 0 Å². The lowest BCUT2D eigenvalue weighted by Crippen LogP contribution is -2.21. The fraction of sp³-hybridized carbons (Fsp3) is 0.312. The van der Waals surface area contributed by atoms with E-state index < -0.39 is 10.0 Å². The molecule has 1 aliphatic rings. The summed E-state index contributed by atoms with van der Waals surface area (Å²) in [5, 5.41) is 13.6. The molecule has 0 unspecified atom stereocenters. The summed E-state index contributed by atoms with van der Waals surface area (Å²) in [5.41, 5.74) is 1.30. The summed E-state index contributed by atoms with van der Waals surface area (Å²) in [6, 6.07) is 7.71. The molecule has 0 spiro atoms. The summed E-state index contributed by atoms with van der Waals surface area (Å²) in [6.07, 6.45) is 0.172. The van der Waals surface area contributed by atoms with Crippen LogP contribution in [0.1, 0.15) is 5.56 Å². The fourth-order valence-corrected chi connectivity index (χ4v) is 3.50. The third kappa shape index (κ3) is 4.27. The highest BCUT2D eigenvalue weighted by Gasteiger charge is 2.22. The second kappa shape index (κ2) is 7.26. The minimum Gasteiger partial charge on any atom is -0.367 e. The smallest absolute Gasteiger partial charge is 0.263 e. The zero-order valence-electron chi connectivity index (χ0n) is 14.5. The lowest BCUT2D eigenvalue weighted by atomic mass is 10.2. The molecule has 1 aromatic carbocycles. The number of rotatable bonds is 7. The van der Waals surface area contributed by atoms with Gasteiger partial charge in [0.1, 0.15) is 5.82 Å². The van der Waals surface area contributed by atoms with Crippen molar-refractivity contribution in [3.63, 3.8) is 0 Å². The Hall–Kier alpha value is -2.72. The number of nitrogens with zero attached hydrogens (tertiary/aromatic N) is 3. The van der Waals surface area contributed by atoms with Crippen molar-refractivity contribution >= 4 is 33.3 Å². The van der Waals surface area contributed by atoms with E-state index >= 15 is 0 Å². The summed E-state index contributed by atoms with van der Waals surface area (Å²) < 4.78 is 27.4. The van der Waals surface area contributed by atoms with Crippen molar-refractivity contribution in [2.75, 3.05) is 42.5 Å². The van der Waals surface area contributed by atoms with Gasteiger partial charge >= 0.3 is 0 Å². The summed E-state index contributed by atoms with van der Waals surface area (Å²) in [4.78, 5) is 13.5. The van der Waals surface area contributed by atoms with Crippen LogP contribution in [0.4, 0.5) is 17.3 Å². The van der Waals surface area contributed by atoms with Gasteiger partial charge in [-0.3, -0.25) is 9.52 Å². The SMILES string of the molecule is CN(C)CCNc1ccc(NS(=O)(=O)c2ccc3c(c2)CC(=O)N3)nn1. The molecule has 0 radical (unpaired) electrons. The van der Waals surface area contributed by atoms with Gasteiger partial charge in [-0.2, -0.15) is 0 Å². The van der Waals surface area contributed by atoms with E-state index in [1.165, 1.54) is 12.1 Å². The second-order valence-corrected chi connectivity index (χ2v) is 7.87. The number of nitrogens with one attached hydrogen (secondary N) is 3. The molecule has 0 atom stereocenters.